The number of hydrogen-bond donors (Lipinski definition) is 4. The fourth-order valence-corrected chi connectivity index (χ4v) is 6.43. The summed E-state index contributed by atoms with van der Waals surface area (Å²) >= 11 is 12.4. The van der Waals surface area contributed by atoms with Gasteiger partial charge in [-0.15, -0.1) is 10.2 Å². The number of anilines is 3. The Labute approximate surface area is 366 Å². The third kappa shape index (κ3) is 11.9. The summed E-state index contributed by atoms with van der Waals surface area (Å²) in [6.45, 7) is 3.04. The van der Waals surface area contributed by atoms with Crippen molar-refractivity contribution >= 4 is 108 Å². The molecular weight excluding hydrogens is 807 g/mol. The third-order valence-corrected chi connectivity index (χ3v) is 8.86. The van der Waals surface area contributed by atoms with Gasteiger partial charge in [-0.1, -0.05) is 23.2 Å². The number of fused-ring (bicyclic) bond motifs is 1. The number of carbonyl (C=O) groups is 2. The fraction of sp³-hybridized carbons (Fsp3) is 0.0625. The Morgan fingerprint density at radius 3 is 2.07 bits per heavy atom. The van der Waals surface area contributed by atoms with Gasteiger partial charge in [-0.25, -0.2) is 13.2 Å². The van der Waals surface area contributed by atoms with Crippen LogP contribution in [0.25, 0.3) is 10.8 Å². The van der Waals surface area contributed by atoms with Gasteiger partial charge in [0.15, 0.2) is 5.75 Å². The smallest absolute Gasteiger partial charge is 0.744 e. The molecule has 5 rings (SSSR count). The predicted octanol–water partition coefficient (Wildman–Crippen LogP) is 2.74. The van der Waals surface area contributed by atoms with E-state index in [1.54, 1.807) is 55.5 Å². The molecule has 0 saturated heterocycles. The summed E-state index contributed by atoms with van der Waals surface area (Å²) in [5, 5.41) is 50.1. The molecule has 5 aromatic carbocycles. The summed E-state index contributed by atoms with van der Waals surface area (Å²) in [6, 6.07) is 18.8. The Balaban J connectivity index is 0.00000392. The molecule has 0 aromatic heterocycles. The van der Waals surface area contributed by atoms with Crippen LogP contribution in [-0.4, -0.2) is 30.0 Å². The second-order valence-electron chi connectivity index (χ2n) is 10.6. The molecule has 0 fully saturated rings. The van der Waals surface area contributed by atoms with Crippen molar-refractivity contribution in [2.45, 2.75) is 23.6 Å². The minimum absolute atomic E-state index is 0. The van der Waals surface area contributed by atoms with Crippen LogP contribution in [0.1, 0.15) is 12.5 Å². The zero-order valence-electron chi connectivity index (χ0n) is 28.6. The monoisotopic (exact) mass is 829 g/mol. The molecule has 0 radical (unpaired) electrons. The van der Waals surface area contributed by atoms with Crippen LogP contribution < -0.4 is 80.3 Å². The summed E-state index contributed by atoms with van der Waals surface area (Å²) in [7, 11) is -4.97. The zero-order chi connectivity index (χ0) is 37.6. The number of hydrogen-bond acceptors (Lipinski definition) is 14. The maximum Gasteiger partial charge on any atom is 1.00 e. The van der Waals surface area contributed by atoms with Crippen molar-refractivity contribution < 1.29 is 101 Å². The molecule has 5 aromatic rings. The van der Waals surface area contributed by atoms with E-state index in [0.717, 1.165) is 6.07 Å². The number of nitrogens with one attached hydrogen (secondary N) is 3. The summed E-state index contributed by atoms with van der Waals surface area (Å²) in [6.07, 6.45) is 0. The molecule has 0 saturated carbocycles. The molecule has 0 spiro atoms. The average Bonchev–Trinajstić information content (AvgIpc) is 3.07. The Morgan fingerprint density at radius 2 is 1.44 bits per heavy atom. The van der Waals surface area contributed by atoms with Crippen LogP contribution in [0.15, 0.2) is 109 Å². The van der Waals surface area contributed by atoms with E-state index in [-0.39, 0.29) is 103 Å². The number of rotatable bonds is 11. The molecule has 3 amide bonds. The normalized spacial score (nSPS) is 11.3. The maximum absolute atomic E-state index is 12.7. The number of nitrogens with zero attached hydrogens (tertiary/aromatic N) is 4. The summed E-state index contributed by atoms with van der Waals surface area (Å²) in [5.41, 5.74) is 2.06. The number of halogens is 2. The van der Waals surface area contributed by atoms with Crippen LogP contribution in [0.3, 0.4) is 0 Å². The summed E-state index contributed by atoms with van der Waals surface area (Å²) in [5.74, 6) is -0.546. The van der Waals surface area contributed by atoms with E-state index in [1.807, 2.05) is 0 Å². The number of aromatic hydroxyl groups is 1. The van der Waals surface area contributed by atoms with Crippen molar-refractivity contribution in [1.29, 1.82) is 0 Å². The number of phenols is 1. The van der Waals surface area contributed by atoms with E-state index in [0.29, 0.717) is 51.1 Å². The molecule has 0 bridgehead atoms. The first-order chi connectivity index (χ1) is 24.7. The number of urea groups is 1. The zero-order valence-corrected chi connectivity index (χ0v) is 35.7. The van der Waals surface area contributed by atoms with E-state index in [2.05, 4.69) is 45.8 Å². The van der Waals surface area contributed by atoms with E-state index in [4.69, 9.17) is 23.2 Å². The minimum Gasteiger partial charge on any atom is -0.744 e. The molecule has 4 N–H and O–H groups in total. The molecule has 0 unspecified atom stereocenters. The van der Waals surface area contributed by atoms with Crippen LogP contribution in [-0.2, 0) is 24.3 Å². The molecule has 54 heavy (non-hydrogen) atoms. The third-order valence-electron chi connectivity index (χ3n) is 6.89. The van der Waals surface area contributed by atoms with Crippen molar-refractivity contribution in [1.82, 2.24) is 0 Å². The minimum atomic E-state index is -4.97. The van der Waals surface area contributed by atoms with Crippen molar-refractivity contribution in [3.8, 4) is 5.75 Å². The van der Waals surface area contributed by atoms with Crippen molar-refractivity contribution in [3.63, 3.8) is 0 Å². The second-order valence-corrected chi connectivity index (χ2v) is 13.6. The van der Waals surface area contributed by atoms with Gasteiger partial charge >= 0.3 is 65.1 Å². The first-order valence-corrected chi connectivity index (χ1v) is 17.4. The SMILES string of the molecule is CC(=O)Nc1ccc(NC(=O)Nc2ccc3c(O)c(N=Nc4ccc(N=Nc5c(Cl)cc(Cl)cc5S(=O)(=O)[O-])c(C)c4)c(SOO[O-])cc3c2)cc1.[Na+].[Na+]. The molecule has 0 aliphatic rings. The molecular formula is C32H23Cl2N7Na2O9S2. The van der Waals surface area contributed by atoms with E-state index >= 15 is 0 Å². The first kappa shape index (κ1) is 45.2. The van der Waals surface area contributed by atoms with Crippen molar-refractivity contribution in [3.05, 3.63) is 94.5 Å². The largest absolute Gasteiger partial charge is 1.00 e. The van der Waals surface area contributed by atoms with Gasteiger partial charge in [0.05, 0.1) is 38.2 Å². The van der Waals surface area contributed by atoms with Crippen LogP contribution in [0.4, 0.5) is 44.6 Å². The van der Waals surface area contributed by atoms with Gasteiger partial charge in [0.1, 0.15) is 21.5 Å². The molecule has 16 nitrogen and oxygen atoms in total. The van der Waals surface area contributed by atoms with Gasteiger partial charge in [0, 0.05) is 34.4 Å². The van der Waals surface area contributed by atoms with Gasteiger partial charge < -0.3 is 30.9 Å². The van der Waals surface area contributed by atoms with Crippen LogP contribution in [0.2, 0.25) is 10.0 Å². The Morgan fingerprint density at radius 1 is 0.815 bits per heavy atom. The van der Waals surface area contributed by atoms with Gasteiger partial charge in [-0.3, -0.25) is 9.83 Å². The van der Waals surface area contributed by atoms with Gasteiger partial charge in [-0.05, 0) is 96.7 Å². The molecule has 0 aliphatic heterocycles. The average molecular weight is 831 g/mol. The van der Waals surface area contributed by atoms with Crippen molar-refractivity contribution in [2.75, 3.05) is 16.0 Å². The molecule has 0 aliphatic carbocycles. The van der Waals surface area contributed by atoms with Gasteiger partial charge in [0.25, 0.3) is 0 Å². The fourth-order valence-electron chi connectivity index (χ4n) is 4.63. The first-order valence-electron chi connectivity index (χ1n) is 14.5. The maximum atomic E-state index is 12.7. The number of aryl methyl sites for hydroxylation is 1. The quantitative estimate of drug-likeness (QED) is 0.0379. The molecule has 268 valence electrons. The summed E-state index contributed by atoms with van der Waals surface area (Å²) < 4.78 is 39.6. The van der Waals surface area contributed by atoms with Gasteiger partial charge in [-0.2, -0.15) is 14.6 Å². The number of phenolic OH excluding ortho intramolecular Hbond substituents is 1. The van der Waals surface area contributed by atoms with Crippen LogP contribution >= 0.6 is 35.2 Å². The summed E-state index contributed by atoms with van der Waals surface area (Å²) in [4.78, 5) is 23.3. The van der Waals surface area contributed by atoms with Gasteiger partial charge in [0.2, 0.25) is 5.91 Å². The Hall–Kier alpha value is -3.18. The standard InChI is InChI=1S/C32H25Cl2N7O9S2.2Na/c1-16-11-23(8-10-26(16)39-40-29-25(34)14-19(33)15-28(29)52(46,47)48)38-41-30-27(51-50-49-45)13-18-12-22(7-9-24(18)31(30)43)37-32(44)36-21-5-3-20(4-6-21)35-17(2)42;;/h3-15,43,45H,1-2H3,(H,35,42)(H2,36,37,44)(H,46,47,48);;/q;2*+1/p-2. The van der Waals surface area contributed by atoms with E-state index in [1.165, 1.54) is 31.2 Å². The van der Waals surface area contributed by atoms with Crippen LogP contribution in [0, 0.1) is 6.92 Å². The van der Waals surface area contributed by atoms with Crippen molar-refractivity contribution in [2.24, 2.45) is 20.5 Å². The second kappa shape index (κ2) is 20.1. The Kier molecular flexibility index (Phi) is 16.8. The predicted molar refractivity (Wildman–Crippen MR) is 191 cm³/mol. The van der Waals surface area contributed by atoms with E-state index < -0.39 is 21.0 Å². The number of azo groups is 2. The number of amides is 3. The number of benzene rings is 5. The topological polar surface area (TPSA) is 239 Å². The number of carbonyl (C=O) groups excluding carboxylic acids is 2. The molecule has 0 heterocycles. The van der Waals surface area contributed by atoms with Crippen LogP contribution in [0.5, 0.6) is 5.75 Å². The molecule has 0 atom stereocenters. The molecule has 22 heteroatoms. The Bertz CT molecular complexity index is 2370. The van der Waals surface area contributed by atoms with E-state index in [9.17, 15) is 32.9 Å².